The highest BCUT2D eigenvalue weighted by atomic mass is 32.2. The van der Waals surface area contributed by atoms with Crippen molar-refractivity contribution >= 4 is 15.9 Å². The molecule has 0 aliphatic rings. The van der Waals surface area contributed by atoms with Gasteiger partial charge in [-0.25, -0.2) is 13.1 Å². The molecule has 0 bridgehead atoms. The molecule has 6 nitrogen and oxygen atoms in total. The molecule has 1 amide bonds. The van der Waals surface area contributed by atoms with Crippen LogP contribution in [0, 0.1) is 6.92 Å². The van der Waals surface area contributed by atoms with Crippen molar-refractivity contribution in [1.82, 2.24) is 10.0 Å². The lowest BCUT2D eigenvalue weighted by Crippen LogP contribution is -2.32. The number of amides is 1. The molecule has 1 heterocycles. The zero-order valence-electron chi connectivity index (χ0n) is 16.5. The maximum absolute atomic E-state index is 12.4. The standard InChI is InChI=1S/C20H28N2O4S/c1-14-6-11-18(26-14)15(2)22-19(23)12-13-21-27(24,25)17-9-7-16(8-10-17)20(3,4)5/h6-11,15,21H,12-13H2,1-5H3,(H,22,23). The maximum atomic E-state index is 12.4. The van der Waals surface area contributed by atoms with Gasteiger partial charge < -0.3 is 9.73 Å². The SMILES string of the molecule is Cc1ccc(C(C)NC(=O)CCNS(=O)(=O)c2ccc(C(C)(C)C)cc2)o1. The van der Waals surface area contributed by atoms with E-state index in [9.17, 15) is 13.2 Å². The van der Waals surface area contributed by atoms with E-state index < -0.39 is 10.0 Å². The third-order valence-electron chi connectivity index (χ3n) is 4.24. The Morgan fingerprint density at radius 1 is 1.11 bits per heavy atom. The first-order valence-electron chi connectivity index (χ1n) is 8.95. The third-order valence-corrected chi connectivity index (χ3v) is 5.72. The smallest absolute Gasteiger partial charge is 0.240 e. The Hall–Kier alpha value is -2.12. The molecular weight excluding hydrogens is 364 g/mol. The minimum absolute atomic E-state index is 0.0269. The number of carbonyl (C=O) groups excluding carboxylic acids is 1. The number of rotatable bonds is 7. The fourth-order valence-electron chi connectivity index (χ4n) is 2.59. The molecule has 0 aliphatic heterocycles. The fraction of sp³-hybridized carbons (Fsp3) is 0.450. The van der Waals surface area contributed by atoms with E-state index in [1.807, 2.05) is 38.1 Å². The van der Waals surface area contributed by atoms with Crippen LogP contribution in [0.25, 0.3) is 0 Å². The largest absolute Gasteiger partial charge is 0.464 e. The summed E-state index contributed by atoms with van der Waals surface area (Å²) < 4.78 is 32.7. The second-order valence-electron chi connectivity index (χ2n) is 7.66. The van der Waals surface area contributed by atoms with Gasteiger partial charge in [0.05, 0.1) is 10.9 Å². The van der Waals surface area contributed by atoms with Crippen LogP contribution in [0.4, 0.5) is 0 Å². The van der Waals surface area contributed by atoms with E-state index in [1.54, 1.807) is 12.1 Å². The van der Waals surface area contributed by atoms with Crippen LogP contribution >= 0.6 is 0 Å². The molecule has 0 aliphatic carbocycles. The number of furan rings is 1. The monoisotopic (exact) mass is 392 g/mol. The molecule has 7 heteroatoms. The molecule has 1 unspecified atom stereocenters. The molecule has 0 radical (unpaired) electrons. The summed E-state index contributed by atoms with van der Waals surface area (Å²) in [5.41, 5.74) is 1.01. The van der Waals surface area contributed by atoms with Gasteiger partial charge in [0.1, 0.15) is 11.5 Å². The van der Waals surface area contributed by atoms with Gasteiger partial charge in [0.25, 0.3) is 0 Å². The van der Waals surface area contributed by atoms with Crippen molar-refractivity contribution in [2.75, 3.05) is 6.54 Å². The average molecular weight is 393 g/mol. The van der Waals surface area contributed by atoms with Gasteiger partial charge in [0.15, 0.2) is 0 Å². The Balaban J connectivity index is 1.87. The van der Waals surface area contributed by atoms with Crippen molar-refractivity contribution in [3.63, 3.8) is 0 Å². The Bertz CT molecular complexity index is 877. The van der Waals surface area contributed by atoms with Crippen LogP contribution < -0.4 is 10.0 Å². The number of hydrogen-bond donors (Lipinski definition) is 2. The Labute approximate surface area is 161 Å². The van der Waals surface area contributed by atoms with Gasteiger partial charge in [-0.15, -0.1) is 0 Å². The number of aryl methyl sites for hydroxylation is 1. The van der Waals surface area contributed by atoms with Gasteiger partial charge in [-0.05, 0) is 49.1 Å². The van der Waals surface area contributed by atoms with Gasteiger partial charge in [-0.1, -0.05) is 32.9 Å². The molecule has 1 atom stereocenters. The summed E-state index contributed by atoms with van der Waals surface area (Å²) in [5.74, 6) is 1.19. The van der Waals surface area contributed by atoms with E-state index in [0.29, 0.717) is 5.76 Å². The summed E-state index contributed by atoms with van der Waals surface area (Å²) in [6.07, 6.45) is 0.0450. The zero-order valence-corrected chi connectivity index (χ0v) is 17.3. The number of nitrogens with one attached hydrogen (secondary N) is 2. The predicted octanol–water partition coefficient (Wildman–Crippen LogP) is 3.43. The molecule has 2 N–H and O–H groups in total. The first kappa shape index (κ1) is 21.2. The molecule has 2 rings (SSSR count). The molecule has 0 saturated heterocycles. The zero-order chi connectivity index (χ0) is 20.2. The topological polar surface area (TPSA) is 88.4 Å². The molecule has 148 valence electrons. The van der Waals surface area contributed by atoms with Gasteiger partial charge in [0, 0.05) is 13.0 Å². The van der Waals surface area contributed by atoms with Gasteiger partial charge in [-0.3, -0.25) is 4.79 Å². The number of benzene rings is 1. The summed E-state index contributed by atoms with van der Waals surface area (Å²) in [6, 6.07) is 10.2. The summed E-state index contributed by atoms with van der Waals surface area (Å²) in [4.78, 5) is 12.2. The average Bonchev–Trinajstić information content (AvgIpc) is 3.00. The summed E-state index contributed by atoms with van der Waals surface area (Å²) in [6.45, 7) is 9.88. The highest BCUT2D eigenvalue weighted by Crippen LogP contribution is 2.23. The Morgan fingerprint density at radius 2 is 1.74 bits per heavy atom. The number of sulfonamides is 1. The minimum Gasteiger partial charge on any atom is -0.464 e. The lowest BCUT2D eigenvalue weighted by molar-refractivity contribution is -0.121. The van der Waals surface area contributed by atoms with Crippen molar-refractivity contribution in [3.8, 4) is 0 Å². The van der Waals surface area contributed by atoms with Gasteiger partial charge in [0.2, 0.25) is 15.9 Å². The molecule has 0 fully saturated rings. The minimum atomic E-state index is -3.64. The van der Waals surface area contributed by atoms with Crippen LogP contribution in [-0.2, 0) is 20.2 Å². The lowest BCUT2D eigenvalue weighted by atomic mass is 9.87. The molecule has 0 saturated carbocycles. The van der Waals surface area contributed by atoms with E-state index in [2.05, 4.69) is 30.8 Å². The highest BCUT2D eigenvalue weighted by molar-refractivity contribution is 7.89. The third kappa shape index (κ3) is 5.94. The van der Waals surface area contributed by atoms with Crippen molar-refractivity contribution in [1.29, 1.82) is 0 Å². The van der Waals surface area contributed by atoms with E-state index in [4.69, 9.17) is 4.42 Å². The van der Waals surface area contributed by atoms with Gasteiger partial charge >= 0.3 is 0 Å². The van der Waals surface area contributed by atoms with E-state index in [1.165, 1.54) is 0 Å². The number of hydrogen-bond acceptors (Lipinski definition) is 4. The molecule has 2 aromatic rings. The molecule has 1 aromatic carbocycles. The summed E-state index contributed by atoms with van der Waals surface area (Å²) >= 11 is 0. The van der Waals surface area contributed by atoms with Crippen LogP contribution in [0.5, 0.6) is 0 Å². The first-order valence-corrected chi connectivity index (χ1v) is 10.4. The highest BCUT2D eigenvalue weighted by Gasteiger charge is 2.18. The predicted molar refractivity (Wildman–Crippen MR) is 105 cm³/mol. The second-order valence-corrected chi connectivity index (χ2v) is 9.43. The van der Waals surface area contributed by atoms with E-state index >= 15 is 0 Å². The molecule has 27 heavy (non-hydrogen) atoms. The van der Waals surface area contributed by atoms with Crippen LogP contribution in [0.3, 0.4) is 0 Å². The molecule has 1 aromatic heterocycles. The molecule has 0 spiro atoms. The maximum Gasteiger partial charge on any atom is 0.240 e. The Morgan fingerprint density at radius 3 is 2.26 bits per heavy atom. The summed E-state index contributed by atoms with van der Waals surface area (Å²) in [5, 5.41) is 2.79. The second kappa shape index (κ2) is 8.27. The fourth-order valence-corrected chi connectivity index (χ4v) is 3.62. The van der Waals surface area contributed by atoms with Crippen molar-refractivity contribution in [3.05, 3.63) is 53.5 Å². The van der Waals surface area contributed by atoms with Crippen molar-refractivity contribution in [2.24, 2.45) is 0 Å². The summed E-state index contributed by atoms with van der Waals surface area (Å²) in [7, 11) is -3.64. The van der Waals surface area contributed by atoms with Gasteiger partial charge in [-0.2, -0.15) is 0 Å². The van der Waals surface area contributed by atoms with E-state index in [-0.39, 0.29) is 35.2 Å². The first-order chi connectivity index (χ1) is 12.5. The normalized spacial score (nSPS) is 13.4. The Kier molecular flexibility index (Phi) is 6.49. The van der Waals surface area contributed by atoms with Crippen LogP contribution in [0.15, 0.2) is 45.7 Å². The lowest BCUT2D eigenvalue weighted by Gasteiger charge is -2.19. The number of carbonyl (C=O) groups is 1. The van der Waals surface area contributed by atoms with Crippen LogP contribution in [0.2, 0.25) is 0 Å². The van der Waals surface area contributed by atoms with Crippen molar-refractivity contribution < 1.29 is 17.6 Å². The molecular formula is C20H28N2O4S. The quantitative estimate of drug-likeness (QED) is 0.755. The van der Waals surface area contributed by atoms with Crippen LogP contribution in [0.1, 0.15) is 57.2 Å². The van der Waals surface area contributed by atoms with Crippen molar-refractivity contribution in [2.45, 2.75) is 57.4 Å². The van der Waals surface area contributed by atoms with E-state index in [0.717, 1.165) is 11.3 Å². The van der Waals surface area contributed by atoms with Crippen LogP contribution in [-0.4, -0.2) is 20.9 Å².